The Morgan fingerprint density at radius 1 is 1.12 bits per heavy atom. The third kappa shape index (κ3) is 3.73. The maximum atomic E-state index is 12.9. The number of benzene rings is 1. The van der Waals surface area contributed by atoms with Gasteiger partial charge in [0.25, 0.3) is 5.91 Å². The van der Waals surface area contributed by atoms with Crippen LogP contribution < -0.4 is 10.1 Å². The molecule has 2 bridgehead atoms. The zero-order valence-electron chi connectivity index (χ0n) is 14.2. The number of rotatable bonds is 4. The van der Waals surface area contributed by atoms with E-state index < -0.39 is 6.61 Å². The Labute approximate surface area is 154 Å². The van der Waals surface area contributed by atoms with E-state index >= 15 is 0 Å². The third-order valence-electron chi connectivity index (χ3n) is 4.99. The Hall–Kier alpha value is -1.99. The molecule has 2 saturated heterocycles. The van der Waals surface area contributed by atoms with Gasteiger partial charge in [0, 0.05) is 30.1 Å². The number of hydrogen-bond acceptors (Lipinski definition) is 4. The molecule has 7 heteroatoms. The molecule has 2 aliphatic heterocycles. The summed E-state index contributed by atoms with van der Waals surface area (Å²) in [6.45, 7) is -1.27. The first-order chi connectivity index (χ1) is 12.6. The minimum atomic E-state index is -2.83. The van der Waals surface area contributed by atoms with E-state index in [1.807, 2.05) is 17.0 Å². The van der Waals surface area contributed by atoms with E-state index in [1.54, 1.807) is 12.1 Å². The lowest BCUT2D eigenvalue weighted by Gasteiger charge is -2.23. The normalized spacial score (nSPS) is 22.5. The van der Waals surface area contributed by atoms with E-state index in [9.17, 15) is 13.6 Å². The van der Waals surface area contributed by atoms with E-state index in [4.69, 9.17) is 0 Å². The molecule has 3 heterocycles. The van der Waals surface area contributed by atoms with Gasteiger partial charge in [0.2, 0.25) is 0 Å². The predicted molar refractivity (Wildman–Crippen MR) is 96.9 cm³/mol. The van der Waals surface area contributed by atoms with Gasteiger partial charge in [0.1, 0.15) is 5.75 Å². The Balaban J connectivity index is 1.46. The molecule has 4 nitrogen and oxygen atoms in total. The summed E-state index contributed by atoms with van der Waals surface area (Å²) < 4.78 is 28.8. The molecular formula is C19H20F2N2O2S. The Morgan fingerprint density at radius 3 is 2.65 bits per heavy atom. The van der Waals surface area contributed by atoms with Crippen LogP contribution in [0.4, 0.5) is 8.78 Å². The smallest absolute Gasteiger partial charge is 0.387 e. The molecule has 0 saturated carbocycles. The number of carbonyl (C=O) groups excluding carboxylic acids is 1. The maximum absolute atomic E-state index is 12.9. The molecule has 26 heavy (non-hydrogen) atoms. The number of halogens is 2. The maximum Gasteiger partial charge on any atom is 0.387 e. The number of fused-ring (bicyclic) bond motifs is 2. The van der Waals surface area contributed by atoms with Crippen molar-refractivity contribution in [2.45, 2.75) is 38.0 Å². The molecular weight excluding hydrogens is 358 g/mol. The average molecular weight is 378 g/mol. The van der Waals surface area contributed by atoms with Gasteiger partial charge in [-0.25, -0.2) is 0 Å². The van der Waals surface area contributed by atoms with Gasteiger partial charge >= 0.3 is 6.61 Å². The summed E-state index contributed by atoms with van der Waals surface area (Å²) in [4.78, 5) is 16.5. The molecule has 1 amide bonds. The molecule has 0 radical (unpaired) electrons. The van der Waals surface area contributed by atoms with Crippen molar-refractivity contribution in [3.8, 4) is 16.2 Å². The molecule has 2 aromatic rings. The molecule has 2 unspecified atom stereocenters. The average Bonchev–Trinajstić information content (AvgIpc) is 3.21. The van der Waals surface area contributed by atoms with Gasteiger partial charge in [0.05, 0.1) is 4.88 Å². The second-order valence-electron chi connectivity index (χ2n) is 6.74. The molecule has 138 valence electrons. The lowest BCUT2D eigenvalue weighted by molar-refractivity contribution is -0.0498. The second kappa shape index (κ2) is 7.32. The topological polar surface area (TPSA) is 41.6 Å². The summed E-state index contributed by atoms with van der Waals surface area (Å²) in [5.41, 5.74) is 0.882. The summed E-state index contributed by atoms with van der Waals surface area (Å²) in [5, 5.41) is 3.58. The first-order valence-corrected chi connectivity index (χ1v) is 9.60. The fourth-order valence-corrected chi connectivity index (χ4v) is 4.67. The molecule has 2 fully saturated rings. The summed E-state index contributed by atoms with van der Waals surface area (Å²) >= 11 is 1.43. The summed E-state index contributed by atoms with van der Waals surface area (Å²) in [6.07, 6.45) is 3.35. The van der Waals surface area contributed by atoms with Gasteiger partial charge in [-0.2, -0.15) is 8.78 Å². The fraction of sp³-hybridized carbons (Fsp3) is 0.421. The first kappa shape index (κ1) is 17.4. The molecule has 1 aromatic heterocycles. The van der Waals surface area contributed by atoms with Crippen molar-refractivity contribution in [2.24, 2.45) is 0 Å². The number of nitrogens with one attached hydrogen (secondary N) is 1. The van der Waals surface area contributed by atoms with Gasteiger partial charge in [-0.1, -0.05) is 0 Å². The third-order valence-corrected chi connectivity index (χ3v) is 6.11. The first-order valence-electron chi connectivity index (χ1n) is 8.79. The van der Waals surface area contributed by atoms with Gasteiger partial charge in [-0.15, -0.1) is 11.3 Å². The van der Waals surface area contributed by atoms with Crippen LogP contribution in [0.1, 0.15) is 28.9 Å². The van der Waals surface area contributed by atoms with Crippen molar-refractivity contribution in [3.05, 3.63) is 41.3 Å². The number of hydrogen-bond donors (Lipinski definition) is 1. The van der Waals surface area contributed by atoms with Gasteiger partial charge in [-0.3, -0.25) is 4.79 Å². The highest BCUT2D eigenvalue weighted by molar-refractivity contribution is 7.17. The van der Waals surface area contributed by atoms with Crippen LogP contribution in [0.3, 0.4) is 0 Å². The van der Waals surface area contributed by atoms with Crippen LogP contribution in [0.25, 0.3) is 10.4 Å². The van der Waals surface area contributed by atoms with Crippen LogP contribution >= 0.6 is 11.3 Å². The van der Waals surface area contributed by atoms with Gasteiger partial charge in [0.15, 0.2) is 0 Å². The molecule has 0 spiro atoms. The molecule has 4 rings (SSSR count). The van der Waals surface area contributed by atoms with Crippen LogP contribution in [0.15, 0.2) is 36.4 Å². The second-order valence-corrected chi connectivity index (χ2v) is 7.83. The number of likely N-dealkylation sites (tertiary alicyclic amines) is 1. The molecule has 1 aromatic carbocycles. The highest BCUT2D eigenvalue weighted by Crippen LogP contribution is 2.31. The van der Waals surface area contributed by atoms with E-state index in [0.717, 1.165) is 36.4 Å². The van der Waals surface area contributed by atoms with E-state index in [2.05, 4.69) is 10.1 Å². The minimum absolute atomic E-state index is 0.0771. The highest BCUT2D eigenvalue weighted by Gasteiger charge is 2.31. The molecule has 2 aliphatic rings. The molecule has 0 aliphatic carbocycles. The standard InChI is InChI=1S/C19H20F2N2O2S/c20-19(21)25-15-5-1-12(2-6-15)16-7-8-17(26-16)18(24)23-10-9-13-3-4-14(11-23)22-13/h1-2,5-8,13-14,19,22H,3-4,9-11H2. The van der Waals surface area contributed by atoms with Crippen molar-refractivity contribution < 1.29 is 18.3 Å². The Bertz CT molecular complexity index is 778. The number of alkyl halides is 2. The highest BCUT2D eigenvalue weighted by atomic mass is 32.1. The lowest BCUT2D eigenvalue weighted by Crippen LogP contribution is -2.38. The SMILES string of the molecule is O=C(c1ccc(-c2ccc(OC(F)F)cc2)s1)N1CCC2CCC(C1)N2. The number of amides is 1. The van der Waals surface area contributed by atoms with Crippen molar-refractivity contribution in [2.75, 3.05) is 13.1 Å². The predicted octanol–water partition coefficient (Wildman–Crippen LogP) is 3.98. The number of thiophene rings is 1. The van der Waals surface area contributed by atoms with Gasteiger partial charge < -0.3 is 15.0 Å². The van der Waals surface area contributed by atoms with Crippen molar-refractivity contribution in [3.63, 3.8) is 0 Å². The van der Waals surface area contributed by atoms with Crippen LogP contribution in [0.5, 0.6) is 5.75 Å². The largest absolute Gasteiger partial charge is 0.435 e. The zero-order chi connectivity index (χ0) is 18.1. The fourth-order valence-electron chi connectivity index (χ4n) is 3.69. The van der Waals surface area contributed by atoms with E-state index in [0.29, 0.717) is 17.0 Å². The van der Waals surface area contributed by atoms with Crippen LogP contribution in [0.2, 0.25) is 0 Å². The number of carbonyl (C=O) groups is 1. The Kier molecular flexibility index (Phi) is 4.91. The van der Waals surface area contributed by atoms with Crippen molar-refractivity contribution in [1.82, 2.24) is 10.2 Å². The van der Waals surface area contributed by atoms with Crippen LogP contribution in [-0.2, 0) is 0 Å². The van der Waals surface area contributed by atoms with Gasteiger partial charge in [-0.05, 0) is 61.2 Å². The summed E-state index contributed by atoms with van der Waals surface area (Å²) in [7, 11) is 0. The van der Waals surface area contributed by atoms with Crippen LogP contribution in [0, 0.1) is 0 Å². The Morgan fingerprint density at radius 2 is 1.88 bits per heavy atom. The molecule has 2 atom stereocenters. The van der Waals surface area contributed by atoms with Crippen molar-refractivity contribution >= 4 is 17.2 Å². The minimum Gasteiger partial charge on any atom is -0.435 e. The van der Waals surface area contributed by atoms with Crippen molar-refractivity contribution in [1.29, 1.82) is 0 Å². The quantitative estimate of drug-likeness (QED) is 0.875. The number of nitrogens with zero attached hydrogens (tertiary/aromatic N) is 1. The number of ether oxygens (including phenoxy) is 1. The van der Waals surface area contributed by atoms with E-state index in [-0.39, 0.29) is 11.7 Å². The van der Waals surface area contributed by atoms with E-state index in [1.165, 1.54) is 29.9 Å². The summed E-state index contributed by atoms with van der Waals surface area (Å²) in [6, 6.07) is 11.2. The lowest BCUT2D eigenvalue weighted by atomic mass is 10.1. The zero-order valence-corrected chi connectivity index (χ0v) is 15.0. The summed E-state index contributed by atoms with van der Waals surface area (Å²) in [5.74, 6) is 0.206. The molecule has 1 N–H and O–H groups in total. The van der Waals surface area contributed by atoms with Crippen LogP contribution in [-0.4, -0.2) is 42.6 Å². The monoisotopic (exact) mass is 378 g/mol.